The average molecular weight is 401 g/mol. The highest BCUT2D eigenvalue weighted by molar-refractivity contribution is 8.01. The van der Waals surface area contributed by atoms with Gasteiger partial charge in [-0.25, -0.2) is 17.2 Å². The van der Waals surface area contributed by atoms with Gasteiger partial charge in [0.15, 0.2) is 15.9 Å². The zero-order valence-corrected chi connectivity index (χ0v) is 14.6. The fourth-order valence-electron chi connectivity index (χ4n) is 1.86. The number of phenols is 1. The Kier molecular flexibility index (Phi) is 4.88. The third kappa shape index (κ3) is 4.06. The van der Waals surface area contributed by atoms with Crippen molar-refractivity contribution in [1.29, 1.82) is 0 Å². The summed E-state index contributed by atoms with van der Waals surface area (Å²) in [5, 5.41) is 17.1. The molecule has 0 radical (unpaired) electrons. The van der Waals surface area contributed by atoms with Crippen LogP contribution >= 0.6 is 23.1 Å². The highest BCUT2D eigenvalue weighted by Gasteiger charge is 2.23. The number of nitrogens with zero attached hydrogens (tertiary/aromatic N) is 2. The normalized spacial score (nSPS) is 11.4. The Morgan fingerprint density at radius 1 is 1.16 bits per heavy atom. The van der Waals surface area contributed by atoms with E-state index in [1.165, 1.54) is 35.2 Å². The summed E-state index contributed by atoms with van der Waals surface area (Å²) in [6.45, 7) is 0. The lowest BCUT2D eigenvalue weighted by molar-refractivity contribution is 0.412. The summed E-state index contributed by atoms with van der Waals surface area (Å²) in [6.07, 6.45) is 0. The van der Waals surface area contributed by atoms with E-state index in [1.54, 1.807) is 17.6 Å². The summed E-state index contributed by atoms with van der Waals surface area (Å²) in [6, 6.07) is 7.20. The lowest BCUT2D eigenvalue weighted by Gasteiger charge is -2.10. The number of rotatable bonds is 5. The van der Waals surface area contributed by atoms with Crippen LogP contribution in [0.1, 0.15) is 0 Å². The van der Waals surface area contributed by atoms with E-state index in [-0.39, 0.29) is 5.69 Å². The molecule has 0 saturated carbocycles. The number of hydrogen-bond donors (Lipinski definition) is 2. The third-order valence-electron chi connectivity index (χ3n) is 2.93. The molecule has 2 aromatic carbocycles. The maximum atomic E-state index is 13.3. The van der Waals surface area contributed by atoms with Crippen LogP contribution in [-0.2, 0) is 10.0 Å². The quantitative estimate of drug-likeness (QED) is 0.680. The van der Waals surface area contributed by atoms with Crippen molar-refractivity contribution in [2.75, 3.05) is 4.72 Å². The lowest BCUT2D eigenvalue weighted by Crippen LogP contribution is -2.14. The lowest BCUT2D eigenvalue weighted by atomic mass is 10.3. The van der Waals surface area contributed by atoms with Gasteiger partial charge >= 0.3 is 0 Å². The fourth-order valence-corrected chi connectivity index (χ4v) is 4.48. The first-order valence-electron chi connectivity index (χ1n) is 6.60. The van der Waals surface area contributed by atoms with Gasteiger partial charge in [-0.05, 0) is 30.3 Å². The number of aromatic hydroxyl groups is 1. The number of phenolic OH excluding ortho intramolecular Hbond substituents is 1. The maximum Gasteiger partial charge on any atom is 0.265 e. The molecule has 0 saturated heterocycles. The molecule has 3 aromatic rings. The van der Waals surface area contributed by atoms with Crippen LogP contribution in [0.25, 0.3) is 0 Å². The Hall–Kier alpha value is -2.24. The van der Waals surface area contributed by atoms with Gasteiger partial charge in [0.05, 0.1) is 0 Å². The van der Waals surface area contributed by atoms with Gasteiger partial charge in [0.2, 0.25) is 0 Å². The van der Waals surface area contributed by atoms with Gasteiger partial charge in [0.1, 0.15) is 16.2 Å². The summed E-state index contributed by atoms with van der Waals surface area (Å²) in [4.78, 5) is -0.0725. The van der Waals surface area contributed by atoms with Crippen molar-refractivity contribution in [3.63, 3.8) is 0 Å². The first-order valence-corrected chi connectivity index (χ1v) is 9.78. The zero-order valence-electron chi connectivity index (χ0n) is 12.2. The Morgan fingerprint density at radius 2 is 1.88 bits per heavy atom. The SMILES string of the molecule is O=S(=O)(Nc1ccc(Sc2nncs2)cc1)c1cc(F)cc(F)c1O. The summed E-state index contributed by atoms with van der Waals surface area (Å²) in [5.74, 6) is -3.61. The molecule has 0 spiro atoms. The Labute approximate surface area is 149 Å². The van der Waals surface area contributed by atoms with Crippen LogP contribution in [0.15, 0.2) is 56.0 Å². The molecule has 2 N–H and O–H groups in total. The van der Waals surface area contributed by atoms with Crippen LogP contribution in [0.4, 0.5) is 14.5 Å². The van der Waals surface area contributed by atoms with E-state index >= 15 is 0 Å². The second kappa shape index (κ2) is 6.94. The maximum absolute atomic E-state index is 13.3. The molecule has 3 rings (SSSR count). The number of hydrogen-bond acceptors (Lipinski definition) is 7. The van der Waals surface area contributed by atoms with Crippen molar-refractivity contribution < 1.29 is 22.3 Å². The largest absolute Gasteiger partial charge is 0.504 e. The molecular weight excluding hydrogens is 392 g/mol. The first kappa shape index (κ1) is 17.6. The molecule has 25 heavy (non-hydrogen) atoms. The summed E-state index contributed by atoms with van der Waals surface area (Å²) in [5.41, 5.74) is 1.76. The molecule has 0 aliphatic rings. The number of nitrogens with one attached hydrogen (secondary N) is 1. The second-order valence-electron chi connectivity index (χ2n) is 4.67. The van der Waals surface area contributed by atoms with E-state index in [4.69, 9.17) is 0 Å². The van der Waals surface area contributed by atoms with Crippen molar-refractivity contribution in [1.82, 2.24) is 10.2 Å². The van der Waals surface area contributed by atoms with Crippen LogP contribution in [0.2, 0.25) is 0 Å². The van der Waals surface area contributed by atoms with Gasteiger partial charge < -0.3 is 5.11 Å². The predicted molar refractivity (Wildman–Crippen MR) is 89.3 cm³/mol. The molecule has 0 bridgehead atoms. The molecule has 0 aliphatic carbocycles. The first-order chi connectivity index (χ1) is 11.8. The van der Waals surface area contributed by atoms with E-state index < -0.39 is 32.3 Å². The van der Waals surface area contributed by atoms with Crippen molar-refractivity contribution in [2.24, 2.45) is 0 Å². The smallest absolute Gasteiger partial charge is 0.265 e. The minimum atomic E-state index is -4.36. The van der Waals surface area contributed by atoms with Crippen molar-refractivity contribution >= 4 is 38.8 Å². The van der Waals surface area contributed by atoms with Crippen molar-refractivity contribution in [3.8, 4) is 5.75 Å². The summed E-state index contributed by atoms with van der Waals surface area (Å²) in [7, 11) is -4.36. The van der Waals surface area contributed by atoms with E-state index in [2.05, 4.69) is 14.9 Å². The van der Waals surface area contributed by atoms with E-state index in [0.29, 0.717) is 12.1 Å². The highest BCUT2D eigenvalue weighted by Crippen LogP contribution is 2.31. The third-order valence-corrected chi connectivity index (χ3v) is 6.11. The van der Waals surface area contributed by atoms with Crippen LogP contribution in [-0.4, -0.2) is 23.7 Å². The standard InChI is InChI=1S/C14H9F2N3O3S3/c15-8-5-11(16)13(20)12(6-8)25(21,22)19-9-1-3-10(4-2-9)24-14-18-17-7-23-14/h1-7,19-20H. The number of benzene rings is 2. The molecule has 0 atom stereocenters. The molecule has 11 heteroatoms. The zero-order chi connectivity index (χ0) is 18.0. The van der Waals surface area contributed by atoms with Gasteiger partial charge in [-0.2, -0.15) is 0 Å². The van der Waals surface area contributed by atoms with Gasteiger partial charge in [-0.15, -0.1) is 10.2 Å². The molecule has 0 aliphatic heterocycles. The average Bonchev–Trinajstić information content (AvgIpc) is 3.05. The van der Waals surface area contributed by atoms with E-state index in [9.17, 15) is 22.3 Å². The molecule has 6 nitrogen and oxygen atoms in total. The van der Waals surface area contributed by atoms with Crippen LogP contribution in [0.5, 0.6) is 5.75 Å². The molecule has 1 aromatic heterocycles. The molecule has 0 amide bonds. The predicted octanol–water partition coefficient (Wildman–Crippen LogP) is 3.47. The minimum absolute atomic E-state index is 0.172. The topological polar surface area (TPSA) is 92.2 Å². The van der Waals surface area contributed by atoms with Gasteiger partial charge in [0, 0.05) is 16.6 Å². The molecule has 130 valence electrons. The number of aromatic nitrogens is 2. The van der Waals surface area contributed by atoms with Crippen LogP contribution in [0, 0.1) is 11.6 Å². The van der Waals surface area contributed by atoms with Crippen molar-refractivity contribution in [2.45, 2.75) is 14.1 Å². The highest BCUT2D eigenvalue weighted by atomic mass is 32.2. The number of anilines is 1. The van der Waals surface area contributed by atoms with Crippen molar-refractivity contribution in [3.05, 3.63) is 53.5 Å². The number of halogens is 2. The molecule has 0 unspecified atom stereocenters. The van der Waals surface area contributed by atoms with E-state index in [0.717, 1.165) is 9.24 Å². The monoisotopic (exact) mass is 401 g/mol. The Bertz CT molecular complexity index is 994. The fraction of sp³-hybridized carbons (Fsp3) is 0. The van der Waals surface area contributed by atoms with Crippen LogP contribution in [0.3, 0.4) is 0 Å². The minimum Gasteiger partial charge on any atom is -0.504 e. The molecular formula is C14H9F2N3O3S3. The number of sulfonamides is 1. The molecule has 1 heterocycles. The van der Waals surface area contributed by atoms with E-state index in [1.807, 2.05) is 0 Å². The van der Waals surface area contributed by atoms with Crippen LogP contribution < -0.4 is 4.72 Å². The molecule has 0 fully saturated rings. The van der Waals surface area contributed by atoms with Gasteiger partial charge in [0.25, 0.3) is 10.0 Å². The summed E-state index contributed by atoms with van der Waals surface area (Å²) < 4.78 is 54.0. The Morgan fingerprint density at radius 3 is 2.52 bits per heavy atom. The van der Waals surface area contributed by atoms with Gasteiger partial charge in [-0.1, -0.05) is 23.1 Å². The summed E-state index contributed by atoms with van der Waals surface area (Å²) >= 11 is 2.72. The Balaban J connectivity index is 1.81. The van der Waals surface area contributed by atoms with Gasteiger partial charge in [-0.3, -0.25) is 4.72 Å². The second-order valence-corrected chi connectivity index (χ2v) is 8.48.